The number of rotatable bonds is 4. The monoisotopic (exact) mass is 181 g/mol. The molecule has 0 radical (unpaired) electrons. The Balaban J connectivity index is 2.39. The molecule has 0 heterocycles. The first-order chi connectivity index (χ1) is 6.20. The number of benzene rings is 1. The first-order valence-corrected chi connectivity index (χ1v) is 3.99. The molecule has 4 nitrogen and oxygen atoms in total. The number of ether oxygens (including phenoxy) is 1. The summed E-state index contributed by atoms with van der Waals surface area (Å²) in [7, 11) is 0. The molecular formula is C9H11NO3. The van der Waals surface area contributed by atoms with Gasteiger partial charge >= 0.3 is 6.23 Å². The van der Waals surface area contributed by atoms with Crippen molar-refractivity contribution < 1.29 is 9.66 Å². The van der Waals surface area contributed by atoms with Gasteiger partial charge in [-0.2, -0.15) is 0 Å². The van der Waals surface area contributed by atoms with Crippen molar-refractivity contribution in [1.29, 1.82) is 0 Å². The van der Waals surface area contributed by atoms with E-state index in [1.54, 1.807) is 0 Å². The maximum absolute atomic E-state index is 10.2. The van der Waals surface area contributed by atoms with E-state index in [0.29, 0.717) is 0 Å². The van der Waals surface area contributed by atoms with Crippen LogP contribution in [0.4, 0.5) is 0 Å². The van der Waals surface area contributed by atoms with E-state index in [2.05, 4.69) is 0 Å². The lowest BCUT2D eigenvalue weighted by Crippen LogP contribution is -2.18. The predicted octanol–water partition coefficient (Wildman–Crippen LogP) is 1.83. The van der Waals surface area contributed by atoms with Gasteiger partial charge in [-0.05, 0) is 5.56 Å². The fraction of sp³-hybridized carbons (Fsp3) is 0.333. The minimum absolute atomic E-state index is 0.281. The summed E-state index contributed by atoms with van der Waals surface area (Å²) in [4.78, 5) is 9.75. The molecule has 0 aliphatic heterocycles. The molecule has 0 aromatic heterocycles. The summed E-state index contributed by atoms with van der Waals surface area (Å²) in [5.74, 6) is 0. The van der Waals surface area contributed by atoms with Crippen molar-refractivity contribution in [1.82, 2.24) is 0 Å². The van der Waals surface area contributed by atoms with Crippen LogP contribution in [0.2, 0.25) is 0 Å². The number of nitrogens with zero attached hydrogens (tertiary/aromatic N) is 1. The van der Waals surface area contributed by atoms with Gasteiger partial charge in [0.15, 0.2) is 0 Å². The van der Waals surface area contributed by atoms with Crippen LogP contribution in [-0.4, -0.2) is 11.2 Å². The smallest absolute Gasteiger partial charge is 0.312 e. The predicted molar refractivity (Wildman–Crippen MR) is 47.7 cm³/mol. The Hall–Kier alpha value is -1.42. The zero-order chi connectivity index (χ0) is 9.68. The Morgan fingerprint density at radius 3 is 2.62 bits per heavy atom. The van der Waals surface area contributed by atoms with Crippen LogP contribution in [0.15, 0.2) is 30.3 Å². The van der Waals surface area contributed by atoms with Gasteiger partial charge in [0.25, 0.3) is 0 Å². The van der Waals surface area contributed by atoms with Crippen molar-refractivity contribution in [3.05, 3.63) is 46.0 Å². The number of hydrogen-bond acceptors (Lipinski definition) is 3. The molecule has 0 aliphatic carbocycles. The topological polar surface area (TPSA) is 52.4 Å². The molecule has 1 aromatic carbocycles. The maximum Gasteiger partial charge on any atom is 0.312 e. The van der Waals surface area contributed by atoms with Gasteiger partial charge in [-0.1, -0.05) is 30.3 Å². The molecule has 0 amide bonds. The van der Waals surface area contributed by atoms with Crippen LogP contribution in [0.3, 0.4) is 0 Å². The van der Waals surface area contributed by atoms with E-state index in [9.17, 15) is 10.1 Å². The molecule has 1 rings (SSSR count). The number of nitro groups is 1. The summed E-state index contributed by atoms with van der Waals surface area (Å²) in [5.41, 5.74) is 0.941. The minimum Gasteiger partial charge on any atom is -0.313 e. The Labute approximate surface area is 76.3 Å². The van der Waals surface area contributed by atoms with Crippen molar-refractivity contribution >= 4 is 0 Å². The summed E-state index contributed by atoms with van der Waals surface area (Å²) < 4.78 is 4.99. The summed E-state index contributed by atoms with van der Waals surface area (Å²) in [6.07, 6.45) is -0.944. The summed E-state index contributed by atoms with van der Waals surface area (Å²) in [5, 5.41) is 10.2. The molecule has 13 heavy (non-hydrogen) atoms. The molecule has 0 saturated heterocycles. The fourth-order valence-corrected chi connectivity index (χ4v) is 0.852. The zero-order valence-corrected chi connectivity index (χ0v) is 7.34. The highest BCUT2D eigenvalue weighted by molar-refractivity contribution is 5.13. The fourth-order valence-electron chi connectivity index (χ4n) is 0.852. The zero-order valence-electron chi connectivity index (χ0n) is 7.34. The van der Waals surface area contributed by atoms with Gasteiger partial charge in [-0.15, -0.1) is 0 Å². The van der Waals surface area contributed by atoms with Crippen LogP contribution in [0.5, 0.6) is 0 Å². The SMILES string of the molecule is CC(OCc1ccccc1)[N+](=O)[O-]. The lowest BCUT2D eigenvalue weighted by Gasteiger charge is -2.05. The lowest BCUT2D eigenvalue weighted by atomic mass is 10.2. The Morgan fingerprint density at radius 2 is 2.08 bits per heavy atom. The molecular weight excluding hydrogens is 170 g/mol. The van der Waals surface area contributed by atoms with Crippen molar-refractivity contribution in [3.8, 4) is 0 Å². The van der Waals surface area contributed by atoms with Crippen molar-refractivity contribution in [3.63, 3.8) is 0 Å². The van der Waals surface area contributed by atoms with E-state index in [-0.39, 0.29) is 6.61 Å². The Bertz CT molecular complexity index is 273. The second kappa shape index (κ2) is 4.57. The van der Waals surface area contributed by atoms with Gasteiger partial charge in [0.1, 0.15) is 0 Å². The summed E-state index contributed by atoms with van der Waals surface area (Å²) in [6, 6.07) is 9.37. The van der Waals surface area contributed by atoms with E-state index in [4.69, 9.17) is 4.74 Å². The van der Waals surface area contributed by atoms with Crippen LogP contribution in [0.25, 0.3) is 0 Å². The average molecular weight is 181 g/mol. The molecule has 0 spiro atoms. The molecule has 1 unspecified atom stereocenters. The van der Waals surface area contributed by atoms with Gasteiger partial charge in [-0.3, -0.25) is 10.1 Å². The highest BCUT2D eigenvalue weighted by Crippen LogP contribution is 2.03. The van der Waals surface area contributed by atoms with Crippen molar-refractivity contribution in [2.24, 2.45) is 0 Å². The van der Waals surface area contributed by atoms with E-state index in [0.717, 1.165) is 5.56 Å². The van der Waals surface area contributed by atoms with Crippen LogP contribution in [0, 0.1) is 10.1 Å². The number of hydrogen-bond donors (Lipinski definition) is 0. The first kappa shape index (κ1) is 9.67. The van der Waals surface area contributed by atoms with Crippen LogP contribution < -0.4 is 0 Å². The van der Waals surface area contributed by atoms with E-state index in [1.165, 1.54) is 6.92 Å². The summed E-state index contributed by atoms with van der Waals surface area (Å²) >= 11 is 0. The molecule has 4 heteroatoms. The molecule has 1 aromatic rings. The molecule has 70 valence electrons. The molecule has 0 N–H and O–H groups in total. The third kappa shape index (κ3) is 3.21. The third-order valence-electron chi connectivity index (χ3n) is 1.63. The normalized spacial score (nSPS) is 12.4. The highest BCUT2D eigenvalue weighted by atomic mass is 16.7. The molecule has 1 atom stereocenters. The quantitative estimate of drug-likeness (QED) is 0.404. The Kier molecular flexibility index (Phi) is 3.40. The first-order valence-electron chi connectivity index (χ1n) is 3.99. The van der Waals surface area contributed by atoms with E-state index < -0.39 is 11.2 Å². The minimum atomic E-state index is -0.944. The Morgan fingerprint density at radius 1 is 1.46 bits per heavy atom. The molecule has 0 bridgehead atoms. The van der Waals surface area contributed by atoms with Gasteiger partial charge in [-0.25, -0.2) is 0 Å². The lowest BCUT2D eigenvalue weighted by molar-refractivity contribution is -0.572. The molecule has 0 saturated carbocycles. The maximum atomic E-state index is 10.2. The standard InChI is InChI=1S/C9H11NO3/c1-8(10(11)12)13-7-9-5-3-2-4-6-9/h2-6,8H,7H2,1H3. The van der Waals surface area contributed by atoms with E-state index in [1.807, 2.05) is 30.3 Å². The molecule has 0 aliphatic rings. The average Bonchev–Trinajstić information content (AvgIpc) is 2.15. The van der Waals surface area contributed by atoms with Gasteiger partial charge < -0.3 is 4.74 Å². The molecule has 0 fully saturated rings. The van der Waals surface area contributed by atoms with Crippen LogP contribution in [-0.2, 0) is 11.3 Å². The van der Waals surface area contributed by atoms with Gasteiger partial charge in [0.2, 0.25) is 0 Å². The van der Waals surface area contributed by atoms with Crippen LogP contribution >= 0.6 is 0 Å². The van der Waals surface area contributed by atoms with Gasteiger partial charge in [0.05, 0.1) is 11.5 Å². The van der Waals surface area contributed by atoms with E-state index >= 15 is 0 Å². The largest absolute Gasteiger partial charge is 0.313 e. The highest BCUT2D eigenvalue weighted by Gasteiger charge is 2.11. The second-order valence-corrected chi connectivity index (χ2v) is 2.68. The van der Waals surface area contributed by atoms with Gasteiger partial charge in [0, 0.05) is 6.92 Å². The second-order valence-electron chi connectivity index (χ2n) is 2.68. The van der Waals surface area contributed by atoms with Crippen molar-refractivity contribution in [2.45, 2.75) is 19.8 Å². The summed E-state index contributed by atoms with van der Waals surface area (Å²) in [6.45, 7) is 1.70. The van der Waals surface area contributed by atoms with Crippen LogP contribution in [0.1, 0.15) is 12.5 Å². The third-order valence-corrected chi connectivity index (χ3v) is 1.63. The van der Waals surface area contributed by atoms with Crippen molar-refractivity contribution in [2.75, 3.05) is 0 Å².